The molecule has 1 atom stereocenters. The van der Waals surface area contributed by atoms with Crippen molar-refractivity contribution in [1.29, 1.82) is 0 Å². The normalized spacial score (nSPS) is 11.7. The molecular weight excluding hydrogens is 242 g/mol. The van der Waals surface area contributed by atoms with Crippen LogP contribution in [0.5, 0.6) is 0 Å². The Balaban J connectivity index is 2.44. The first-order chi connectivity index (χ1) is 9.01. The number of hydrogen-bond acceptors (Lipinski definition) is 3. The van der Waals surface area contributed by atoms with Gasteiger partial charge in [-0.15, -0.1) is 0 Å². The first-order valence-electron chi connectivity index (χ1n) is 6.42. The second-order valence-electron chi connectivity index (χ2n) is 4.50. The maximum atomic E-state index is 11.7. The summed E-state index contributed by atoms with van der Waals surface area (Å²) in [6.45, 7) is 5.85. The highest BCUT2D eigenvalue weighted by atomic mass is 16.2. The Morgan fingerprint density at radius 1 is 1.11 bits per heavy atom. The molecule has 5 heteroatoms. The van der Waals surface area contributed by atoms with Crippen LogP contribution in [0, 0.1) is 0 Å². The van der Waals surface area contributed by atoms with Crippen LogP contribution in [-0.4, -0.2) is 24.4 Å². The maximum Gasteiger partial charge on any atom is 0.238 e. The van der Waals surface area contributed by atoms with Crippen molar-refractivity contribution < 1.29 is 9.59 Å². The first-order valence-corrected chi connectivity index (χ1v) is 6.42. The molecule has 104 valence electrons. The molecular formula is C14H21N3O2. The molecule has 0 aliphatic heterocycles. The molecule has 0 aromatic heterocycles. The number of nitrogens with one attached hydrogen (secondary N) is 3. The highest BCUT2D eigenvalue weighted by Gasteiger charge is 2.04. The molecule has 2 amide bonds. The molecule has 0 saturated heterocycles. The van der Waals surface area contributed by atoms with Gasteiger partial charge in [-0.1, -0.05) is 6.92 Å². The summed E-state index contributed by atoms with van der Waals surface area (Å²) >= 11 is 0. The number of amides is 2. The Morgan fingerprint density at radius 2 is 1.63 bits per heavy atom. The summed E-state index contributed by atoms with van der Waals surface area (Å²) in [5.41, 5.74) is 1.42. The summed E-state index contributed by atoms with van der Waals surface area (Å²) < 4.78 is 0. The average Bonchev–Trinajstić information content (AvgIpc) is 2.37. The fourth-order valence-corrected chi connectivity index (χ4v) is 1.46. The van der Waals surface area contributed by atoms with Crippen LogP contribution in [0.15, 0.2) is 24.3 Å². The smallest absolute Gasteiger partial charge is 0.238 e. The van der Waals surface area contributed by atoms with Gasteiger partial charge in [0, 0.05) is 24.3 Å². The zero-order chi connectivity index (χ0) is 14.3. The van der Waals surface area contributed by atoms with Gasteiger partial charge in [-0.05, 0) is 37.6 Å². The Bertz CT molecular complexity index is 429. The van der Waals surface area contributed by atoms with E-state index in [0.717, 1.165) is 6.42 Å². The molecule has 0 aliphatic carbocycles. The minimum Gasteiger partial charge on any atom is -0.326 e. The van der Waals surface area contributed by atoms with Gasteiger partial charge in [-0.3, -0.25) is 9.59 Å². The molecule has 0 bridgehead atoms. The quantitative estimate of drug-likeness (QED) is 0.735. The van der Waals surface area contributed by atoms with Gasteiger partial charge in [0.15, 0.2) is 0 Å². The minimum absolute atomic E-state index is 0.0763. The molecule has 0 heterocycles. The summed E-state index contributed by atoms with van der Waals surface area (Å²) in [6.07, 6.45) is 0.985. The summed E-state index contributed by atoms with van der Waals surface area (Å²) in [5, 5.41) is 8.58. The monoisotopic (exact) mass is 263 g/mol. The average molecular weight is 263 g/mol. The number of rotatable bonds is 6. The number of anilines is 2. The van der Waals surface area contributed by atoms with Crippen molar-refractivity contribution in [3.63, 3.8) is 0 Å². The Kier molecular flexibility index (Phi) is 6.02. The van der Waals surface area contributed by atoms with Crippen LogP contribution in [0.2, 0.25) is 0 Å². The highest BCUT2D eigenvalue weighted by Crippen LogP contribution is 2.13. The van der Waals surface area contributed by atoms with Crippen LogP contribution in [0.25, 0.3) is 0 Å². The molecule has 3 N–H and O–H groups in total. The van der Waals surface area contributed by atoms with Crippen LogP contribution in [-0.2, 0) is 9.59 Å². The molecule has 1 aromatic rings. The lowest BCUT2D eigenvalue weighted by molar-refractivity contribution is -0.115. The molecule has 1 aromatic carbocycles. The van der Waals surface area contributed by atoms with E-state index in [1.807, 2.05) is 6.92 Å². The van der Waals surface area contributed by atoms with Crippen molar-refractivity contribution in [2.45, 2.75) is 33.2 Å². The molecule has 5 nitrogen and oxygen atoms in total. The van der Waals surface area contributed by atoms with Gasteiger partial charge in [0.05, 0.1) is 6.54 Å². The van der Waals surface area contributed by atoms with Crippen molar-refractivity contribution in [1.82, 2.24) is 5.32 Å². The lowest BCUT2D eigenvalue weighted by Crippen LogP contribution is -2.33. The van der Waals surface area contributed by atoms with Gasteiger partial charge in [0.1, 0.15) is 0 Å². The van der Waals surface area contributed by atoms with E-state index < -0.39 is 0 Å². The van der Waals surface area contributed by atoms with E-state index in [4.69, 9.17) is 0 Å². The van der Waals surface area contributed by atoms with Crippen LogP contribution in [0.1, 0.15) is 27.2 Å². The second kappa shape index (κ2) is 7.53. The van der Waals surface area contributed by atoms with E-state index in [1.165, 1.54) is 6.92 Å². The van der Waals surface area contributed by atoms with Gasteiger partial charge in [-0.2, -0.15) is 0 Å². The molecule has 1 unspecified atom stereocenters. The van der Waals surface area contributed by atoms with Crippen LogP contribution in [0.3, 0.4) is 0 Å². The van der Waals surface area contributed by atoms with Crippen LogP contribution in [0.4, 0.5) is 11.4 Å². The molecule has 0 radical (unpaired) electrons. The van der Waals surface area contributed by atoms with E-state index in [1.54, 1.807) is 24.3 Å². The third-order valence-electron chi connectivity index (χ3n) is 2.71. The van der Waals surface area contributed by atoms with Crippen molar-refractivity contribution in [3.05, 3.63) is 24.3 Å². The zero-order valence-electron chi connectivity index (χ0n) is 11.6. The first kappa shape index (κ1) is 15.2. The van der Waals surface area contributed by atoms with E-state index in [0.29, 0.717) is 24.0 Å². The van der Waals surface area contributed by atoms with Crippen molar-refractivity contribution >= 4 is 23.2 Å². The van der Waals surface area contributed by atoms with E-state index >= 15 is 0 Å². The fourth-order valence-electron chi connectivity index (χ4n) is 1.46. The summed E-state index contributed by atoms with van der Waals surface area (Å²) in [4.78, 5) is 22.5. The van der Waals surface area contributed by atoms with E-state index in [-0.39, 0.29) is 11.8 Å². The molecule has 0 aliphatic rings. The second-order valence-corrected chi connectivity index (χ2v) is 4.50. The topological polar surface area (TPSA) is 70.2 Å². The molecule has 0 spiro atoms. The van der Waals surface area contributed by atoms with Crippen LogP contribution < -0.4 is 16.0 Å². The van der Waals surface area contributed by atoms with Crippen molar-refractivity contribution in [2.75, 3.05) is 17.2 Å². The number of carbonyl (C=O) groups is 2. The SMILES string of the molecule is CCC(C)NCC(=O)Nc1ccc(NC(C)=O)cc1. The van der Waals surface area contributed by atoms with Gasteiger partial charge < -0.3 is 16.0 Å². The molecule has 19 heavy (non-hydrogen) atoms. The van der Waals surface area contributed by atoms with E-state index in [9.17, 15) is 9.59 Å². The minimum atomic E-state index is -0.116. The predicted molar refractivity (Wildman–Crippen MR) is 77.1 cm³/mol. The van der Waals surface area contributed by atoms with Gasteiger partial charge in [-0.25, -0.2) is 0 Å². The fraction of sp³-hybridized carbons (Fsp3) is 0.429. The highest BCUT2D eigenvalue weighted by molar-refractivity contribution is 5.93. The Hall–Kier alpha value is -1.88. The zero-order valence-corrected chi connectivity index (χ0v) is 11.6. The summed E-state index contributed by atoms with van der Waals surface area (Å²) in [6, 6.07) is 7.34. The number of hydrogen-bond donors (Lipinski definition) is 3. The Morgan fingerprint density at radius 3 is 2.11 bits per heavy atom. The van der Waals surface area contributed by atoms with Gasteiger partial charge in [0.25, 0.3) is 0 Å². The van der Waals surface area contributed by atoms with Crippen LogP contribution >= 0.6 is 0 Å². The van der Waals surface area contributed by atoms with E-state index in [2.05, 4.69) is 22.9 Å². The standard InChI is InChI=1S/C14H21N3O2/c1-4-10(2)15-9-14(19)17-13-7-5-12(6-8-13)16-11(3)18/h5-8,10,15H,4,9H2,1-3H3,(H,16,18)(H,17,19). The lowest BCUT2D eigenvalue weighted by Gasteiger charge is -2.11. The number of carbonyl (C=O) groups excluding carboxylic acids is 2. The predicted octanol–water partition coefficient (Wildman–Crippen LogP) is 1.97. The molecule has 0 saturated carbocycles. The van der Waals surface area contributed by atoms with Crippen molar-refractivity contribution in [2.24, 2.45) is 0 Å². The van der Waals surface area contributed by atoms with Gasteiger partial charge in [0.2, 0.25) is 11.8 Å². The lowest BCUT2D eigenvalue weighted by atomic mass is 10.2. The third-order valence-corrected chi connectivity index (χ3v) is 2.71. The van der Waals surface area contributed by atoms with Gasteiger partial charge >= 0.3 is 0 Å². The summed E-state index contributed by atoms with van der Waals surface area (Å²) in [5.74, 6) is -0.192. The third kappa shape index (κ3) is 6.01. The Labute approximate surface area is 113 Å². The maximum absolute atomic E-state index is 11.7. The number of benzene rings is 1. The molecule has 0 fully saturated rings. The molecule has 1 rings (SSSR count). The van der Waals surface area contributed by atoms with Crippen molar-refractivity contribution in [3.8, 4) is 0 Å². The largest absolute Gasteiger partial charge is 0.326 e. The summed E-state index contributed by atoms with van der Waals surface area (Å²) in [7, 11) is 0.